The lowest BCUT2D eigenvalue weighted by molar-refractivity contribution is -0.136. The van der Waals surface area contributed by atoms with Gasteiger partial charge in [-0.3, -0.25) is 4.79 Å². The third-order valence-corrected chi connectivity index (χ3v) is 5.19. The first kappa shape index (κ1) is 17.1. The molecule has 4 nitrogen and oxygen atoms in total. The Morgan fingerprint density at radius 1 is 1.17 bits per heavy atom. The maximum absolute atomic E-state index is 12.6. The summed E-state index contributed by atoms with van der Waals surface area (Å²) in [7, 11) is 0. The highest BCUT2D eigenvalue weighted by Gasteiger charge is 2.30. The molecule has 2 atom stereocenters. The Morgan fingerprint density at radius 2 is 1.75 bits per heavy atom. The average Bonchev–Trinajstić information content (AvgIpc) is 3.15. The van der Waals surface area contributed by atoms with Crippen molar-refractivity contribution in [2.75, 3.05) is 13.1 Å². The van der Waals surface area contributed by atoms with Crippen LogP contribution in [-0.2, 0) is 4.79 Å². The second-order valence-electron chi connectivity index (χ2n) is 6.47. The second kappa shape index (κ2) is 7.41. The van der Waals surface area contributed by atoms with E-state index < -0.39 is 6.10 Å². The lowest BCUT2D eigenvalue weighted by Crippen LogP contribution is -2.42. The Hall–Kier alpha value is -1.78. The standard InChI is InChI=1S/C19H23ClN2O2/c1-14(21-10-2-3-11-21)19(24)22-12-8-16(9-13-22)18(23)15-4-6-17(20)7-5-15/h2-7,10-11,14,16,18,23H,8-9,12-13H2,1H3. The fourth-order valence-corrected chi connectivity index (χ4v) is 3.49. The predicted octanol–water partition coefficient (Wildman–Crippen LogP) is 3.67. The molecule has 5 heteroatoms. The van der Waals surface area contributed by atoms with Gasteiger partial charge in [0.25, 0.3) is 0 Å². The number of hydrogen-bond donors (Lipinski definition) is 1. The van der Waals surface area contributed by atoms with E-state index in [1.54, 1.807) is 12.1 Å². The summed E-state index contributed by atoms with van der Waals surface area (Å²) in [4.78, 5) is 14.5. The van der Waals surface area contributed by atoms with Crippen LogP contribution >= 0.6 is 11.6 Å². The Morgan fingerprint density at radius 3 is 2.33 bits per heavy atom. The maximum Gasteiger partial charge on any atom is 0.245 e. The van der Waals surface area contributed by atoms with E-state index in [9.17, 15) is 9.90 Å². The van der Waals surface area contributed by atoms with Crippen molar-refractivity contribution in [1.82, 2.24) is 9.47 Å². The minimum absolute atomic E-state index is 0.144. The summed E-state index contributed by atoms with van der Waals surface area (Å²) in [5.74, 6) is 0.322. The molecule has 0 saturated carbocycles. The summed E-state index contributed by atoms with van der Waals surface area (Å²) in [6.07, 6.45) is 4.96. The number of piperidine rings is 1. The number of nitrogens with zero attached hydrogens (tertiary/aromatic N) is 2. The molecule has 1 aromatic heterocycles. The first-order valence-electron chi connectivity index (χ1n) is 8.41. The number of likely N-dealkylation sites (tertiary alicyclic amines) is 1. The van der Waals surface area contributed by atoms with Gasteiger partial charge in [0, 0.05) is 30.5 Å². The van der Waals surface area contributed by atoms with Crippen molar-refractivity contribution in [3.8, 4) is 0 Å². The quantitative estimate of drug-likeness (QED) is 0.918. The van der Waals surface area contributed by atoms with Gasteiger partial charge in [0.1, 0.15) is 6.04 Å². The Balaban J connectivity index is 1.57. The molecule has 1 saturated heterocycles. The third kappa shape index (κ3) is 3.65. The topological polar surface area (TPSA) is 45.5 Å². The van der Waals surface area contributed by atoms with Crippen molar-refractivity contribution in [2.45, 2.75) is 31.9 Å². The van der Waals surface area contributed by atoms with Crippen LogP contribution in [0.4, 0.5) is 0 Å². The van der Waals surface area contributed by atoms with E-state index in [1.165, 1.54) is 0 Å². The molecule has 1 N–H and O–H groups in total. The third-order valence-electron chi connectivity index (χ3n) is 4.94. The van der Waals surface area contributed by atoms with Crippen LogP contribution in [0, 0.1) is 5.92 Å². The molecular formula is C19H23ClN2O2. The lowest BCUT2D eigenvalue weighted by atomic mass is 9.87. The molecule has 0 bridgehead atoms. The number of aromatic nitrogens is 1. The first-order valence-corrected chi connectivity index (χ1v) is 8.79. The monoisotopic (exact) mass is 346 g/mol. The van der Waals surface area contributed by atoms with E-state index in [0.29, 0.717) is 18.1 Å². The molecule has 0 aliphatic carbocycles. The van der Waals surface area contributed by atoms with Crippen molar-refractivity contribution in [1.29, 1.82) is 0 Å². The highest BCUT2D eigenvalue weighted by molar-refractivity contribution is 6.30. The predicted molar refractivity (Wildman–Crippen MR) is 94.9 cm³/mol. The zero-order chi connectivity index (χ0) is 17.1. The van der Waals surface area contributed by atoms with Gasteiger partial charge in [-0.2, -0.15) is 0 Å². The van der Waals surface area contributed by atoms with Gasteiger partial charge in [0.05, 0.1) is 6.10 Å². The Bertz CT molecular complexity index is 661. The molecule has 0 radical (unpaired) electrons. The van der Waals surface area contributed by atoms with E-state index in [0.717, 1.165) is 18.4 Å². The number of halogens is 1. The summed E-state index contributed by atoms with van der Waals surface area (Å²) in [6, 6.07) is 11.0. The molecule has 128 valence electrons. The molecule has 1 aliphatic rings. The van der Waals surface area contributed by atoms with Crippen LogP contribution in [0.15, 0.2) is 48.8 Å². The molecule has 2 heterocycles. The SMILES string of the molecule is CC(C(=O)N1CCC(C(O)c2ccc(Cl)cc2)CC1)n1cccc1. The molecule has 24 heavy (non-hydrogen) atoms. The molecule has 0 spiro atoms. The van der Waals surface area contributed by atoms with Crippen LogP contribution in [0.25, 0.3) is 0 Å². The summed E-state index contributed by atoms with van der Waals surface area (Å²) in [5.41, 5.74) is 0.893. The minimum atomic E-state index is -0.499. The van der Waals surface area contributed by atoms with Gasteiger partial charge >= 0.3 is 0 Å². The first-order chi connectivity index (χ1) is 11.6. The van der Waals surface area contributed by atoms with Gasteiger partial charge in [-0.1, -0.05) is 23.7 Å². The van der Waals surface area contributed by atoms with Gasteiger partial charge in [0.2, 0.25) is 5.91 Å². The second-order valence-corrected chi connectivity index (χ2v) is 6.90. The van der Waals surface area contributed by atoms with Crippen molar-refractivity contribution in [3.63, 3.8) is 0 Å². The molecule has 2 aromatic rings. The largest absolute Gasteiger partial charge is 0.388 e. The number of benzene rings is 1. The number of hydrogen-bond acceptors (Lipinski definition) is 2. The summed E-state index contributed by atoms with van der Waals surface area (Å²) < 4.78 is 1.93. The molecule has 1 aliphatic heterocycles. The van der Waals surface area contributed by atoms with Crippen LogP contribution in [0.2, 0.25) is 5.02 Å². The maximum atomic E-state index is 12.6. The van der Waals surface area contributed by atoms with E-state index in [4.69, 9.17) is 11.6 Å². The van der Waals surface area contributed by atoms with Gasteiger partial charge < -0.3 is 14.6 Å². The number of amides is 1. The van der Waals surface area contributed by atoms with Gasteiger partial charge in [-0.15, -0.1) is 0 Å². The summed E-state index contributed by atoms with van der Waals surface area (Å²) in [6.45, 7) is 3.32. The smallest absolute Gasteiger partial charge is 0.245 e. The van der Waals surface area contributed by atoms with Crippen molar-refractivity contribution in [3.05, 3.63) is 59.4 Å². The van der Waals surface area contributed by atoms with Crippen LogP contribution in [-0.4, -0.2) is 33.6 Å². The molecule has 1 fully saturated rings. The van der Waals surface area contributed by atoms with Crippen LogP contribution < -0.4 is 0 Å². The lowest BCUT2D eigenvalue weighted by Gasteiger charge is -2.35. The van der Waals surface area contributed by atoms with Crippen molar-refractivity contribution in [2.24, 2.45) is 5.92 Å². The number of carbonyl (C=O) groups is 1. The number of carbonyl (C=O) groups excluding carboxylic acids is 1. The van der Waals surface area contributed by atoms with Crippen molar-refractivity contribution < 1.29 is 9.90 Å². The average molecular weight is 347 g/mol. The zero-order valence-corrected chi connectivity index (χ0v) is 14.6. The number of rotatable bonds is 4. The minimum Gasteiger partial charge on any atom is -0.388 e. The van der Waals surface area contributed by atoms with Crippen LogP contribution in [0.5, 0.6) is 0 Å². The number of aliphatic hydroxyl groups is 1. The highest BCUT2D eigenvalue weighted by Crippen LogP contribution is 2.31. The van der Waals surface area contributed by atoms with Gasteiger partial charge in [-0.25, -0.2) is 0 Å². The van der Waals surface area contributed by atoms with Gasteiger partial charge in [-0.05, 0) is 55.5 Å². The van der Waals surface area contributed by atoms with Crippen LogP contribution in [0.3, 0.4) is 0 Å². The number of aliphatic hydroxyl groups excluding tert-OH is 1. The summed E-state index contributed by atoms with van der Waals surface area (Å²) in [5, 5.41) is 11.2. The molecule has 3 rings (SSSR count). The Labute approximate surface area is 147 Å². The van der Waals surface area contributed by atoms with E-state index >= 15 is 0 Å². The van der Waals surface area contributed by atoms with E-state index in [2.05, 4.69) is 0 Å². The fourth-order valence-electron chi connectivity index (χ4n) is 3.37. The highest BCUT2D eigenvalue weighted by atomic mass is 35.5. The zero-order valence-electron chi connectivity index (χ0n) is 13.8. The molecule has 2 unspecified atom stereocenters. The van der Waals surface area contributed by atoms with E-state index in [1.807, 2.05) is 53.0 Å². The van der Waals surface area contributed by atoms with E-state index in [-0.39, 0.29) is 17.9 Å². The Kier molecular flexibility index (Phi) is 5.27. The fraction of sp³-hybridized carbons (Fsp3) is 0.421. The van der Waals surface area contributed by atoms with Crippen LogP contribution in [0.1, 0.15) is 37.5 Å². The molecular weight excluding hydrogens is 324 g/mol. The van der Waals surface area contributed by atoms with Crippen molar-refractivity contribution >= 4 is 17.5 Å². The van der Waals surface area contributed by atoms with Gasteiger partial charge in [0.15, 0.2) is 0 Å². The summed E-state index contributed by atoms with van der Waals surface area (Å²) >= 11 is 5.90. The normalized spacial score (nSPS) is 18.4. The molecule has 1 aromatic carbocycles. The molecule has 1 amide bonds.